The molecule has 2 amide bonds. The molecule has 3 aromatic rings. The van der Waals surface area contributed by atoms with Gasteiger partial charge in [0.25, 0.3) is 5.91 Å². The van der Waals surface area contributed by atoms with Crippen LogP contribution in [0.3, 0.4) is 0 Å². The molecular formula is C24H26N6O2S. The summed E-state index contributed by atoms with van der Waals surface area (Å²) in [7, 11) is 1.94. The third-order valence-corrected chi connectivity index (χ3v) is 6.01. The fourth-order valence-corrected chi connectivity index (χ4v) is 4.00. The molecule has 0 spiro atoms. The molecule has 8 nitrogen and oxygen atoms in total. The largest absolute Gasteiger partial charge is 0.352 e. The SMILES string of the molecule is CC(CCNC(=O)c1ccc(N(C)c2nc(-c3ccncc3)cs2)cc1)CC(=O)NCC#N. The number of amides is 2. The standard InChI is InChI=1S/C24H26N6O2S/c1-17(15-22(31)27-14-10-25)7-13-28-23(32)19-3-5-20(6-4-19)30(2)24-29-21(16-33-24)18-8-11-26-12-9-18/h3-6,8-9,11-12,16-17H,7,13-15H2,1-2H3,(H,27,31)(H,28,32). The van der Waals surface area contributed by atoms with Crippen LogP contribution < -0.4 is 15.5 Å². The number of pyridine rings is 1. The van der Waals surface area contributed by atoms with E-state index in [1.165, 1.54) is 0 Å². The zero-order valence-corrected chi connectivity index (χ0v) is 19.4. The Balaban J connectivity index is 1.50. The van der Waals surface area contributed by atoms with Crippen LogP contribution in [0.2, 0.25) is 0 Å². The molecule has 0 radical (unpaired) electrons. The molecule has 0 saturated heterocycles. The van der Waals surface area contributed by atoms with Gasteiger partial charge in [-0.25, -0.2) is 4.98 Å². The molecule has 33 heavy (non-hydrogen) atoms. The van der Waals surface area contributed by atoms with E-state index in [4.69, 9.17) is 10.2 Å². The van der Waals surface area contributed by atoms with Crippen molar-refractivity contribution in [2.75, 3.05) is 25.0 Å². The first-order valence-corrected chi connectivity index (χ1v) is 11.5. The van der Waals surface area contributed by atoms with Crippen LogP contribution in [0.5, 0.6) is 0 Å². The molecule has 170 valence electrons. The number of anilines is 2. The molecule has 0 aliphatic carbocycles. The molecule has 2 aromatic heterocycles. The molecule has 1 unspecified atom stereocenters. The van der Waals surface area contributed by atoms with Crippen molar-refractivity contribution in [3.63, 3.8) is 0 Å². The van der Waals surface area contributed by atoms with Gasteiger partial charge in [-0.2, -0.15) is 5.26 Å². The molecule has 2 heterocycles. The van der Waals surface area contributed by atoms with E-state index in [1.54, 1.807) is 35.9 Å². The summed E-state index contributed by atoms with van der Waals surface area (Å²) in [5.41, 5.74) is 3.42. The second-order valence-corrected chi connectivity index (χ2v) is 8.48. The molecule has 3 rings (SSSR count). The summed E-state index contributed by atoms with van der Waals surface area (Å²) in [5, 5.41) is 16.8. The number of aromatic nitrogens is 2. The fraction of sp³-hybridized carbons (Fsp3) is 0.292. The van der Waals surface area contributed by atoms with Gasteiger partial charge in [-0.15, -0.1) is 11.3 Å². The number of rotatable bonds is 10. The molecule has 1 aromatic carbocycles. The number of thiazole rings is 1. The van der Waals surface area contributed by atoms with Crippen LogP contribution >= 0.6 is 11.3 Å². The maximum atomic E-state index is 12.4. The van der Waals surface area contributed by atoms with Gasteiger partial charge in [-0.1, -0.05) is 6.92 Å². The topological polar surface area (TPSA) is 111 Å². The molecule has 0 bridgehead atoms. The van der Waals surface area contributed by atoms with Crippen LogP contribution in [0.1, 0.15) is 30.1 Å². The van der Waals surface area contributed by atoms with E-state index in [1.807, 2.05) is 54.6 Å². The second kappa shape index (κ2) is 11.7. The van der Waals surface area contributed by atoms with Crippen LogP contribution in [0, 0.1) is 17.2 Å². The Morgan fingerprint density at radius 1 is 1.15 bits per heavy atom. The van der Waals surface area contributed by atoms with E-state index in [0.29, 0.717) is 24.9 Å². The average molecular weight is 463 g/mol. The molecule has 0 fully saturated rings. The smallest absolute Gasteiger partial charge is 0.251 e. The van der Waals surface area contributed by atoms with Gasteiger partial charge >= 0.3 is 0 Å². The Kier molecular flexibility index (Phi) is 8.49. The lowest BCUT2D eigenvalue weighted by molar-refractivity contribution is -0.121. The van der Waals surface area contributed by atoms with Crippen LogP contribution in [-0.4, -0.2) is 41.9 Å². The number of hydrogen-bond donors (Lipinski definition) is 2. The summed E-state index contributed by atoms with van der Waals surface area (Å²) in [6, 6.07) is 13.1. The minimum Gasteiger partial charge on any atom is -0.352 e. The van der Waals surface area contributed by atoms with Gasteiger partial charge in [0.05, 0.1) is 11.8 Å². The zero-order chi connectivity index (χ0) is 23.6. The summed E-state index contributed by atoms with van der Waals surface area (Å²) in [5.74, 6) is -0.196. The van der Waals surface area contributed by atoms with Gasteiger partial charge in [0.1, 0.15) is 6.54 Å². The Labute approximate surface area is 197 Å². The van der Waals surface area contributed by atoms with Gasteiger partial charge in [0.15, 0.2) is 5.13 Å². The van der Waals surface area contributed by atoms with Crippen LogP contribution in [0.15, 0.2) is 54.2 Å². The van der Waals surface area contributed by atoms with Crippen molar-refractivity contribution in [3.8, 4) is 17.3 Å². The lowest BCUT2D eigenvalue weighted by atomic mass is 10.0. The lowest BCUT2D eigenvalue weighted by Gasteiger charge is -2.16. The summed E-state index contributed by atoms with van der Waals surface area (Å²) >= 11 is 1.55. The first-order valence-electron chi connectivity index (χ1n) is 10.6. The van der Waals surface area contributed by atoms with E-state index < -0.39 is 0 Å². The number of carbonyl (C=O) groups is 2. The quantitative estimate of drug-likeness (QED) is 0.444. The van der Waals surface area contributed by atoms with Crippen molar-refractivity contribution < 1.29 is 9.59 Å². The predicted molar refractivity (Wildman–Crippen MR) is 129 cm³/mol. The highest BCUT2D eigenvalue weighted by Gasteiger charge is 2.13. The number of carbonyl (C=O) groups excluding carboxylic acids is 2. The predicted octanol–water partition coefficient (Wildman–Crippen LogP) is 3.76. The molecule has 2 N–H and O–H groups in total. The molecule has 9 heteroatoms. The van der Waals surface area contributed by atoms with Crippen LogP contribution in [-0.2, 0) is 4.79 Å². The van der Waals surface area contributed by atoms with Gasteiger partial charge in [-0.3, -0.25) is 14.6 Å². The summed E-state index contributed by atoms with van der Waals surface area (Å²) < 4.78 is 0. The Hall–Kier alpha value is -3.77. The number of nitrogens with one attached hydrogen (secondary N) is 2. The van der Waals surface area contributed by atoms with Crippen molar-refractivity contribution in [2.24, 2.45) is 5.92 Å². The highest BCUT2D eigenvalue weighted by atomic mass is 32.1. The summed E-state index contributed by atoms with van der Waals surface area (Å²) in [6.07, 6.45) is 4.50. The molecule has 1 atom stereocenters. The lowest BCUT2D eigenvalue weighted by Crippen LogP contribution is -2.28. The zero-order valence-electron chi connectivity index (χ0n) is 18.6. The summed E-state index contributed by atoms with van der Waals surface area (Å²) in [4.78, 5) is 34.8. The highest BCUT2D eigenvalue weighted by molar-refractivity contribution is 7.14. The normalized spacial score (nSPS) is 11.3. The van der Waals surface area contributed by atoms with Crippen molar-refractivity contribution in [1.82, 2.24) is 20.6 Å². The second-order valence-electron chi connectivity index (χ2n) is 7.65. The van der Waals surface area contributed by atoms with E-state index >= 15 is 0 Å². The van der Waals surface area contributed by atoms with E-state index in [9.17, 15) is 9.59 Å². The first kappa shape index (κ1) is 23.9. The van der Waals surface area contributed by atoms with Crippen molar-refractivity contribution in [1.29, 1.82) is 5.26 Å². The number of benzene rings is 1. The maximum absolute atomic E-state index is 12.4. The molecular weight excluding hydrogens is 436 g/mol. The third-order valence-electron chi connectivity index (χ3n) is 5.09. The number of nitriles is 1. The van der Waals surface area contributed by atoms with Crippen LogP contribution in [0.4, 0.5) is 10.8 Å². The fourth-order valence-electron chi connectivity index (χ4n) is 3.18. The maximum Gasteiger partial charge on any atom is 0.251 e. The van der Waals surface area contributed by atoms with Gasteiger partial charge in [-0.05, 0) is 48.7 Å². The minimum atomic E-state index is -0.153. The monoisotopic (exact) mass is 462 g/mol. The van der Waals surface area contributed by atoms with Gasteiger partial charge < -0.3 is 15.5 Å². The molecule has 0 saturated carbocycles. The molecule has 0 aliphatic heterocycles. The van der Waals surface area contributed by atoms with E-state index in [-0.39, 0.29) is 24.3 Å². The average Bonchev–Trinajstić information content (AvgIpc) is 3.33. The Bertz CT molecular complexity index is 1110. The molecule has 0 aliphatic rings. The first-order chi connectivity index (χ1) is 16.0. The minimum absolute atomic E-state index is 0.0158. The summed E-state index contributed by atoms with van der Waals surface area (Å²) in [6.45, 7) is 2.44. The third kappa shape index (κ3) is 6.85. The van der Waals surface area contributed by atoms with Gasteiger partial charge in [0.2, 0.25) is 5.91 Å². The van der Waals surface area contributed by atoms with Crippen molar-refractivity contribution in [2.45, 2.75) is 19.8 Å². The van der Waals surface area contributed by atoms with Crippen molar-refractivity contribution >= 4 is 34.0 Å². The highest BCUT2D eigenvalue weighted by Crippen LogP contribution is 2.30. The van der Waals surface area contributed by atoms with E-state index in [2.05, 4.69) is 15.6 Å². The van der Waals surface area contributed by atoms with Crippen molar-refractivity contribution in [3.05, 3.63) is 59.7 Å². The number of hydrogen-bond acceptors (Lipinski definition) is 7. The van der Waals surface area contributed by atoms with Gasteiger partial charge in [0, 0.05) is 54.6 Å². The Morgan fingerprint density at radius 2 is 1.88 bits per heavy atom. The van der Waals surface area contributed by atoms with Crippen LogP contribution in [0.25, 0.3) is 11.3 Å². The number of nitrogens with zero attached hydrogens (tertiary/aromatic N) is 4. The Morgan fingerprint density at radius 3 is 2.58 bits per heavy atom. The van der Waals surface area contributed by atoms with E-state index in [0.717, 1.165) is 22.1 Å².